The molecule has 1 aliphatic rings. The molecule has 3 rings (SSSR count). The Labute approximate surface area is 156 Å². The average molecular weight is 404 g/mol. The summed E-state index contributed by atoms with van der Waals surface area (Å²) in [6.07, 6.45) is 3.40. The molecule has 0 bridgehead atoms. The number of hydrogen-bond acceptors (Lipinski definition) is 3. The van der Waals surface area contributed by atoms with E-state index in [0.717, 1.165) is 12.8 Å². The van der Waals surface area contributed by atoms with Gasteiger partial charge in [0.15, 0.2) is 0 Å². The Morgan fingerprint density at radius 3 is 2.20 bits per heavy atom. The molecule has 1 saturated carbocycles. The maximum Gasteiger partial charge on any atom is 0.251 e. The molecule has 0 atom stereocenters. The molecule has 25 heavy (non-hydrogen) atoms. The summed E-state index contributed by atoms with van der Waals surface area (Å²) in [5, 5.41) is 3.10. The van der Waals surface area contributed by atoms with Crippen LogP contribution in [0.5, 0.6) is 11.5 Å². The summed E-state index contributed by atoms with van der Waals surface area (Å²) < 4.78 is 11.3. The number of nitrogens with one attached hydrogen (secondary N) is 1. The number of methoxy groups -OCH3 is 2. The molecule has 132 valence electrons. The topological polar surface area (TPSA) is 47.6 Å². The lowest BCUT2D eigenvalue weighted by Crippen LogP contribution is -2.45. The number of carbonyl (C=O) groups is 1. The average Bonchev–Trinajstić information content (AvgIpc) is 2.61. The van der Waals surface area contributed by atoms with Crippen molar-refractivity contribution in [3.8, 4) is 11.5 Å². The zero-order valence-corrected chi connectivity index (χ0v) is 16.1. The van der Waals surface area contributed by atoms with Gasteiger partial charge >= 0.3 is 0 Å². The minimum Gasteiger partial charge on any atom is -0.495 e. The van der Waals surface area contributed by atoms with Crippen LogP contribution in [-0.4, -0.2) is 26.7 Å². The third-order valence-corrected chi connectivity index (χ3v) is 5.77. The Morgan fingerprint density at radius 1 is 1.12 bits per heavy atom. The SMILES string of the molecule is COc1cc(C(=O)NCC2(c3ccccc3)CCC2)cc(OC)c1Br. The number of benzene rings is 2. The predicted molar refractivity (Wildman–Crippen MR) is 102 cm³/mol. The van der Waals surface area contributed by atoms with E-state index in [1.807, 2.05) is 6.07 Å². The van der Waals surface area contributed by atoms with Crippen LogP contribution in [0, 0.1) is 0 Å². The van der Waals surface area contributed by atoms with Crippen LogP contribution in [0.1, 0.15) is 35.2 Å². The molecule has 1 fully saturated rings. The van der Waals surface area contributed by atoms with Crippen molar-refractivity contribution in [2.24, 2.45) is 0 Å². The molecule has 0 spiro atoms. The van der Waals surface area contributed by atoms with Gasteiger partial charge in [0.2, 0.25) is 0 Å². The van der Waals surface area contributed by atoms with Gasteiger partial charge in [-0.25, -0.2) is 0 Å². The van der Waals surface area contributed by atoms with Crippen LogP contribution in [0.3, 0.4) is 0 Å². The highest BCUT2D eigenvalue weighted by molar-refractivity contribution is 9.10. The van der Waals surface area contributed by atoms with Gasteiger partial charge in [0, 0.05) is 17.5 Å². The lowest BCUT2D eigenvalue weighted by Gasteiger charge is -2.42. The summed E-state index contributed by atoms with van der Waals surface area (Å²) in [7, 11) is 3.14. The molecule has 0 aliphatic heterocycles. The van der Waals surface area contributed by atoms with Crippen LogP contribution in [0.15, 0.2) is 46.9 Å². The third kappa shape index (κ3) is 3.52. The van der Waals surface area contributed by atoms with Crippen molar-refractivity contribution in [1.82, 2.24) is 5.32 Å². The molecule has 4 nitrogen and oxygen atoms in total. The van der Waals surface area contributed by atoms with Crippen molar-refractivity contribution >= 4 is 21.8 Å². The van der Waals surface area contributed by atoms with Crippen molar-refractivity contribution in [2.75, 3.05) is 20.8 Å². The molecule has 0 saturated heterocycles. The molecule has 5 heteroatoms. The smallest absolute Gasteiger partial charge is 0.251 e. The van der Waals surface area contributed by atoms with Crippen LogP contribution in [0.2, 0.25) is 0 Å². The van der Waals surface area contributed by atoms with E-state index in [9.17, 15) is 4.79 Å². The zero-order valence-electron chi connectivity index (χ0n) is 14.5. The first kappa shape index (κ1) is 17.8. The molecule has 1 amide bonds. The van der Waals surface area contributed by atoms with Crippen molar-refractivity contribution in [2.45, 2.75) is 24.7 Å². The van der Waals surface area contributed by atoms with E-state index in [1.165, 1.54) is 12.0 Å². The highest BCUT2D eigenvalue weighted by atomic mass is 79.9. The molecule has 1 aliphatic carbocycles. The van der Waals surface area contributed by atoms with Gasteiger partial charge in [0.25, 0.3) is 5.91 Å². The molecule has 2 aromatic rings. The van der Waals surface area contributed by atoms with Gasteiger partial charge in [-0.3, -0.25) is 4.79 Å². The molecular formula is C20H22BrNO3. The number of halogens is 1. The molecular weight excluding hydrogens is 382 g/mol. The lowest BCUT2D eigenvalue weighted by atomic mass is 9.64. The molecule has 0 unspecified atom stereocenters. The van der Waals surface area contributed by atoms with Gasteiger partial charge in [-0.05, 0) is 46.5 Å². The largest absolute Gasteiger partial charge is 0.495 e. The Hall–Kier alpha value is -2.01. The summed E-state index contributed by atoms with van der Waals surface area (Å²) in [6.45, 7) is 0.635. The van der Waals surface area contributed by atoms with Crippen LogP contribution < -0.4 is 14.8 Å². The minimum atomic E-state index is -0.119. The van der Waals surface area contributed by atoms with Crippen molar-refractivity contribution in [3.63, 3.8) is 0 Å². The number of amides is 1. The molecule has 1 N–H and O–H groups in total. The second-order valence-corrected chi connectivity index (χ2v) is 7.17. The lowest BCUT2D eigenvalue weighted by molar-refractivity contribution is 0.0927. The normalized spacial score (nSPS) is 15.2. The van der Waals surface area contributed by atoms with E-state index in [-0.39, 0.29) is 11.3 Å². The number of ether oxygens (including phenoxy) is 2. The van der Waals surface area contributed by atoms with E-state index in [1.54, 1.807) is 26.4 Å². The Kier molecular flexibility index (Phi) is 5.33. The standard InChI is InChI=1S/C20H22BrNO3/c1-24-16-11-14(12-17(25-2)18(16)21)19(23)22-13-20(9-6-10-20)15-7-4-3-5-8-15/h3-5,7-8,11-12H,6,9-10,13H2,1-2H3,(H,22,23). The Balaban J connectivity index is 1.77. The zero-order chi connectivity index (χ0) is 17.9. The summed E-state index contributed by atoms with van der Waals surface area (Å²) in [5.74, 6) is 1.03. The fourth-order valence-corrected chi connectivity index (χ4v) is 3.87. The fraction of sp³-hybridized carbons (Fsp3) is 0.350. The molecule has 2 aromatic carbocycles. The maximum absolute atomic E-state index is 12.7. The summed E-state index contributed by atoms with van der Waals surface area (Å²) in [6, 6.07) is 13.9. The van der Waals surface area contributed by atoms with Crippen LogP contribution in [0.4, 0.5) is 0 Å². The van der Waals surface area contributed by atoms with E-state index in [0.29, 0.717) is 28.1 Å². The predicted octanol–water partition coefficient (Wildman–Crippen LogP) is 4.32. The van der Waals surface area contributed by atoms with Gasteiger partial charge in [-0.2, -0.15) is 0 Å². The monoisotopic (exact) mass is 403 g/mol. The Morgan fingerprint density at radius 2 is 1.72 bits per heavy atom. The summed E-state index contributed by atoms with van der Waals surface area (Å²) in [4.78, 5) is 12.7. The quantitative estimate of drug-likeness (QED) is 0.780. The van der Waals surface area contributed by atoms with Gasteiger partial charge in [-0.15, -0.1) is 0 Å². The second-order valence-electron chi connectivity index (χ2n) is 6.38. The maximum atomic E-state index is 12.7. The van der Waals surface area contributed by atoms with Gasteiger partial charge in [-0.1, -0.05) is 36.8 Å². The van der Waals surface area contributed by atoms with E-state index >= 15 is 0 Å². The first-order valence-electron chi connectivity index (χ1n) is 8.35. The first-order chi connectivity index (χ1) is 12.1. The first-order valence-corrected chi connectivity index (χ1v) is 9.14. The Bertz CT molecular complexity index is 732. The van der Waals surface area contributed by atoms with Crippen LogP contribution in [0.25, 0.3) is 0 Å². The fourth-order valence-electron chi connectivity index (χ4n) is 3.31. The van der Waals surface area contributed by atoms with Crippen molar-refractivity contribution in [3.05, 3.63) is 58.1 Å². The second kappa shape index (κ2) is 7.48. The highest BCUT2D eigenvalue weighted by Crippen LogP contribution is 2.43. The summed E-state index contributed by atoms with van der Waals surface area (Å²) >= 11 is 3.42. The third-order valence-electron chi connectivity index (χ3n) is 4.99. The number of rotatable bonds is 6. The number of carbonyl (C=O) groups excluding carboxylic acids is 1. The van der Waals surface area contributed by atoms with E-state index in [2.05, 4.69) is 45.5 Å². The van der Waals surface area contributed by atoms with Gasteiger partial charge in [0.05, 0.1) is 14.2 Å². The van der Waals surface area contributed by atoms with E-state index in [4.69, 9.17) is 9.47 Å². The van der Waals surface area contributed by atoms with Gasteiger partial charge < -0.3 is 14.8 Å². The molecule has 0 aromatic heterocycles. The van der Waals surface area contributed by atoms with Crippen LogP contribution in [-0.2, 0) is 5.41 Å². The van der Waals surface area contributed by atoms with Crippen molar-refractivity contribution < 1.29 is 14.3 Å². The number of hydrogen-bond donors (Lipinski definition) is 1. The molecule has 0 heterocycles. The minimum absolute atomic E-state index is 0.0560. The highest BCUT2D eigenvalue weighted by Gasteiger charge is 2.38. The van der Waals surface area contributed by atoms with Crippen molar-refractivity contribution in [1.29, 1.82) is 0 Å². The van der Waals surface area contributed by atoms with Gasteiger partial charge in [0.1, 0.15) is 16.0 Å². The van der Waals surface area contributed by atoms with Crippen LogP contribution >= 0.6 is 15.9 Å². The molecule has 0 radical (unpaired) electrons. The van der Waals surface area contributed by atoms with E-state index < -0.39 is 0 Å². The summed E-state index contributed by atoms with van der Waals surface area (Å²) in [5.41, 5.74) is 1.88.